The van der Waals surface area contributed by atoms with Crippen LogP contribution in [0.3, 0.4) is 0 Å². The van der Waals surface area contributed by atoms with Crippen molar-refractivity contribution in [1.82, 2.24) is 4.90 Å². The van der Waals surface area contributed by atoms with Gasteiger partial charge < -0.3 is 20.8 Å². The molecule has 112 valence electrons. The molecule has 0 aliphatic carbocycles. The minimum atomic E-state index is -0.773. The van der Waals surface area contributed by atoms with Crippen LogP contribution in [0.4, 0.5) is 0 Å². The molecule has 0 saturated heterocycles. The molecule has 20 heavy (non-hydrogen) atoms. The van der Waals surface area contributed by atoms with Gasteiger partial charge in [0.2, 0.25) is 0 Å². The minimum Gasteiger partial charge on any atom is -0.496 e. The fourth-order valence-electron chi connectivity index (χ4n) is 2.13. The molecule has 4 N–H and O–H groups in total. The van der Waals surface area contributed by atoms with Crippen molar-refractivity contribution in [2.24, 2.45) is 10.9 Å². The van der Waals surface area contributed by atoms with Crippen molar-refractivity contribution >= 4 is 5.84 Å². The molecule has 0 aliphatic heterocycles. The van der Waals surface area contributed by atoms with Crippen molar-refractivity contribution in [3.63, 3.8) is 0 Å². The summed E-state index contributed by atoms with van der Waals surface area (Å²) in [5.41, 5.74) is 6.35. The van der Waals surface area contributed by atoms with E-state index in [1.54, 1.807) is 33.1 Å². The molecular weight excluding hydrogens is 258 g/mol. The molecule has 0 amide bonds. The molecule has 6 nitrogen and oxygen atoms in total. The van der Waals surface area contributed by atoms with Crippen LogP contribution in [0, 0.1) is 0 Å². The number of nitrogens with zero attached hydrogens (tertiary/aromatic N) is 2. The summed E-state index contributed by atoms with van der Waals surface area (Å²) in [4.78, 5) is 1.98. The fourth-order valence-corrected chi connectivity index (χ4v) is 2.13. The van der Waals surface area contributed by atoms with Crippen LogP contribution in [0.2, 0.25) is 0 Å². The molecule has 0 bridgehead atoms. The number of benzene rings is 1. The zero-order chi connectivity index (χ0) is 15.3. The van der Waals surface area contributed by atoms with Crippen molar-refractivity contribution in [2.45, 2.75) is 26.0 Å². The first-order chi connectivity index (χ1) is 9.26. The quantitative estimate of drug-likeness (QED) is 0.313. The predicted octanol–water partition coefficient (Wildman–Crippen LogP) is 0.992. The van der Waals surface area contributed by atoms with Crippen LogP contribution in [-0.2, 0) is 6.54 Å². The first-order valence-electron chi connectivity index (χ1n) is 6.32. The maximum Gasteiger partial charge on any atom is 0.170 e. The fraction of sp³-hybridized carbons (Fsp3) is 0.500. The van der Waals surface area contributed by atoms with Crippen molar-refractivity contribution in [1.29, 1.82) is 0 Å². The Kier molecular flexibility index (Phi) is 5.35. The van der Waals surface area contributed by atoms with Gasteiger partial charge in [-0.05, 0) is 39.1 Å². The SMILES string of the molecule is COc1ccc(/C(N)=N/O)cc1CN(C)CC(C)(C)O. The Hall–Kier alpha value is -1.79. The van der Waals surface area contributed by atoms with E-state index in [1.165, 1.54) is 0 Å². The lowest BCUT2D eigenvalue weighted by atomic mass is 10.1. The van der Waals surface area contributed by atoms with E-state index in [9.17, 15) is 5.11 Å². The highest BCUT2D eigenvalue weighted by molar-refractivity contribution is 5.97. The summed E-state index contributed by atoms with van der Waals surface area (Å²) in [6.45, 7) is 4.62. The number of amidine groups is 1. The largest absolute Gasteiger partial charge is 0.496 e. The number of nitrogens with two attached hydrogens (primary N) is 1. The molecule has 0 radical (unpaired) electrons. The van der Waals surface area contributed by atoms with E-state index in [2.05, 4.69) is 5.16 Å². The number of likely N-dealkylation sites (N-methyl/N-ethyl adjacent to an activating group) is 1. The molecule has 0 fully saturated rings. The van der Waals surface area contributed by atoms with Gasteiger partial charge in [-0.2, -0.15) is 0 Å². The zero-order valence-electron chi connectivity index (χ0n) is 12.4. The summed E-state index contributed by atoms with van der Waals surface area (Å²) in [5.74, 6) is 0.779. The van der Waals surface area contributed by atoms with Gasteiger partial charge in [0.1, 0.15) is 5.75 Å². The highest BCUT2D eigenvalue weighted by atomic mass is 16.5. The molecule has 0 atom stereocenters. The lowest BCUT2D eigenvalue weighted by Crippen LogP contribution is -2.35. The Labute approximate surface area is 119 Å². The maximum atomic E-state index is 9.83. The number of aliphatic hydroxyl groups is 1. The normalized spacial score (nSPS) is 12.8. The van der Waals surface area contributed by atoms with Crippen LogP contribution in [0.1, 0.15) is 25.0 Å². The van der Waals surface area contributed by atoms with Crippen molar-refractivity contribution in [2.75, 3.05) is 20.7 Å². The Morgan fingerprint density at radius 1 is 1.45 bits per heavy atom. The molecule has 0 aliphatic rings. The van der Waals surface area contributed by atoms with Gasteiger partial charge in [0, 0.05) is 24.2 Å². The Bertz CT molecular complexity index is 481. The number of oxime groups is 1. The second-order valence-corrected chi connectivity index (χ2v) is 5.50. The number of hydrogen-bond donors (Lipinski definition) is 3. The Balaban J connectivity index is 2.97. The van der Waals surface area contributed by atoms with E-state index in [0.29, 0.717) is 18.7 Å². The van der Waals surface area contributed by atoms with Gasteiger partial charge in [0.05, 0.1) is 12.7 Å². The summed E-state index contributed by atoms with van der Waals surface area (Å²) in [5, 5.41) is 21.6. The Morgan fingerprint density at radius 2 is 2.10 bits per heavy atom. The molecule has 0 heterocycles. The van der Waals surface area contributed by atoms with Crippen molar-refractivity contribution in [3.05, 3.63) is 29.3 Å². The number of rotatable bonds is 6. The van der Waals surface area contributed by atoms with Gasteiger partial charge in [-0.15, -0.1) is 0 Å². The lowest BCUT2D eigenvalue weighted by Gasteiger charge is -2.26. The number of methoxy groups -OCH3 is 1. The molecule has 1 rings (SSSR count). The first kappa shape index (κ1) is 16.3. The zero-order valence-corrected chi connectivity index (χ0v) is 12.4. The molecule has 1 aromatic rings. The van der Waals surface area contributed by atoms with Gasteiger partial charge in [-0.25, -0.2) is 0 Å². The summed E-state index contributed by atoms with van der Waals surface area (Å²) >= 11 is 0. The predicted molar refractivity (Wildman–Crippen MR) is 78.1 cm³/mol. The smallest absolute Gasteiger partial charge is 0.170 e. The summed E-state index contributed by atoms with van der Waals surface area (Å²) < 4.78 is 5.31. The van der Waals surface area contributed by atoms with Crippen LogP contribution in [-0.4, -0.2) is 47.4 Å². The van der Waals surface area contributed by atoms with Gasteiger partial charge >= 0.3 is 0 Å². The minimum absolute atomic E-state index is 0.0547. The second-order valence-electron chi connectivity index (χ2n) is 5.50. The van der Waals surface area contributed by atoms with Gasteiger partial charge in [-0.3, -0.25) is 4.90 Å². The highest BCUT2D eigenvalue weighted by Gasteiger charge is 2.17. The van der Waals surface area contributed by atoms with Crippen molar-refractivity contribution in [3.8, 4) is 5.75 Å². The number of hydrogen-bond acceptors (Lipinski definition) is 5. The molecule has 0 saturated carbocycles. The third-order valence-corrected chi connectivity index (χ3v) is 2.78. The monoisotopic (exact) mass is 281 g/mol. The molecule has 1 aromatic carbocycles. The van der Waals surface area contributed by atoms with Crippen molar-refractivity contribution < 1.29 is 15.1 Å². The van der Waals surface area contributed by atoms with E-state index in [-0.39, 0.29) is 5.84 Å². The Morgan fingerprint density at radius 3 is 2.60 bits per heavy atom. The molecule has 6 heteroatoms. The lowest BCUT2D eigenvalue weighted by molar-refractivity contribution is 0.0423. The summed E-state index contributed by atoms with van der Waals surface area (Å²) in [7, 11) is 3.51. The van der Waals surface area contributed by atoms with Gasteiger partial charge in [-0.1, -0.05) is 5.16 Å². The summed E-state index contributed by atoms with van der Waals surface area (Å²) in [6, 6.07) is 5.32. The second kappa shape index (κ2) is 6.58. The van der Waals surface area contributed by atoms with Crippen LogP contribution < -0.4 is 10.5 Å². The van der Waals surface area contributed by atoms with Crippen LogP contribution in [0.25, 0.3) is 0 Å². The highest BCUT2D eigenvalue weighted by Crippen LogP contribution is 2.22. The summed E-state index contributed by atoms with van der Waals surface area (Å²) in [6.07, 6.45) is 0. The number of ether oxygens (including phenoxy) is 1. The van der Waals surface area contributed by atoms with Gasteiger partial charge in [0.15, 0.2) is 5.84 Å². The van der Waals surface area contributed by atoms with E-state index in [4.69, 9.17) is 15.7 Å². The average Bonchev–Trinajstić information content (AvgIpc) is 2.35. The van der Waals surface area contributed by atoms with E-state index in [1.807, 2.05) is 18.0 Å². The van der Waals surface area contributed by atoms with E-state index in [0.717, 1.165) is 11.3 Å². The molecule has 0 spiro atoms. The molecular formula is C14H23N3O3. The van der Waals surface area contributed by atoms with Crippen LogP contribution in [0.5, 0.6) is 5.75 Å². The third-order valence-electron chi connectivity index (χ3n) is 2.78. The maximum absolute atomic E-state index is 9.83. The third kappa shape index (κ3) is 4.71. The molecule has 0 unspecified atom stereocenters. The standard InChI is InChI=1S/C14H23N3O3/c1-14(2,18)9-17(3)8-11-7-10(13(15)16-19)5-6-12(11)20-4/h5-7,18-19H,8-9H2,1-4H3,(H2,15,16). The molecule has 0 aromatic heterocycles. The van der Waals surface area contributed by atoms with Gasteiger partial charge in [0.25, 0.3) is 0 Å². The first-order valence-corrected chi connectivity index (χ1v) is 6.32. The topological polar surface area (TPSA) is 91.3 Å². The van der Waals surface area contributed by atoms with E-state index < -0.39 is 5.60 Å². The van der Waals surface area contributed by atoms with E-state index >= 15 is 0 Å². The van der Waals surface area contributed by atoms with Crippen LogP contribution >= 0.6 is 0 Å². The average molecular weight is 281 g/mol. The van der Waals surface area contributed by atoms with Crippen LogP contribution in [0.15, 0.2) is 23.4 Å².